The number of aromatic nitrogens is 3. The summed E-state index contributed by atoms with van der Waals surface area (Å²) in [6, 6.07) is 13.9. The van der Waals surface area contributed by atoms with E-state index in [4.69, 9.17) is 0 Å². The second-order valence-electron chi connectivity index (χ2n) is 13.2. The van der Waals surface area contributed by atoms with E-state index >= 15 is 0 Å². The molecule has 264 valence electrons. The number of phenolic OH excluding ortho intramolecular Hbond substituents is 3. The van der Waals surface area contributed by atoms with E-state index in [9.17, 15) is 29.7 Å². The van der Waals surface area contributed by atoms with Gasteiger partial charge in [0.05, 0.1) is 19.6 Å². The van der Waals surface area contributed by atoms with E-state index in [0.717, 1.165) is 87.3 Å². The van der Waals surface area contributed by atoms with Crippen LogP contribution in [0.25, 0.3) is 0 Å². The summed E-state index contributed by atoms with van der Waals surface area (Å²) in [5, 5.41) is 32.0. The van der Waals surface area contributed by atoms with E-state index in [1.54, 1.807) is 24.3 Å². The van der Waals surface area contributed by atoms with Crippen molar-refractivity contribution in [1.82, 2.24) is 13.7 Å². The Bertz CT molecular complexity index is 1780. The van der Waals surface area contributed by atoms with Gasteiger partial charge < -0.3 is 15.3 Å². The number of hydrogen-bond acceptors (Lipinski definition) is 6. The van der Waals surface area contributed by atoms with Gasteiger partial charge in [0.1, 0.15) is 17.2 Å². The van der Waals surface area contributed by atoms with Crippen molar-refractivity contribution in [3.63, 3.8) is 0 Å². The molecule has 49 heavy (non-hydrogen) atoms. The number of benzene rings is 3. The van der Waals surface area contributed by atoms with E-state index in [-0.39, 0.29) is 36.9 Å². The molecule has 1 heterocycles. The topological polar surface area (TPSA) is 127 Å². The minimum Gasteiger partial charge on any atom is -0.508 e. The third-order valence-corrected chi connectivity index (χ3v) is 9.22. The Balaban J connectivity index is 1.87. The molecule has 0 bridgehead atoms. The minimum absolute atomic E-state index is 0.0644. The smallest absolute Gasteiger partial charge is 0.336 e. The summed E-state index contributed by atoms with van der Waals surface area (Å²) in [5.41, 5.74) is 2.95. The number of rotatable bonds is 18. The first-order chi connectivity index (χ1) is 23.6. The van der Waals surface area contributed by atoms with Gasteiger partial charge in [0.2, 0.25) is 0 Å². The van der Waals surface area contributed by atoms with E-state index in [0.29, 0.717) is 42.4 Å². The van der Waals surface area contributed by atoms with Gasteiger partial charge in [-0.25, -0.2) is 28.1 Å². The van der Waals surface area contributed by atoms with Crippen LogP contribution in [0.3, 0.4) is 0 Å². The first-order valence-corrected chi connectivity index (χ1v) is 18.0. The Hall–Kier alpha value is -4.53. The van der Waals surface area contributed by atoms with Crippen LogP contribution in [-0.4, -0.2) is 29.0 Å². The lowest BCUT2D eigenvalue weighted by Gasteiger charge is -2.17. The summed E-state index contributed by atoms with van der Waals surface area (Å²) in [6.07, 6.45) is 10.0. The summed E-state index contributed by atoms with van der Waals surface area (Å²) < 4.78 is 3.29. The number of aromatic hydroxyl groups is 3. The second kappa shape index (κ2) is 17.7. The van der Waals surface area contributed by atoms with Crippen LogP contribution in [0.1, 0.15) is 118 Å². The highest BCUT2D eigenvalue weighted by molar-refractivity contribution is 5.44. The predicted molar refractivity (Wildman–Crippen MR) is 195 cm³/mol. The first-order valence-electron chi connectivity index (χ1n) is 18.0. The molecule has 3 aromatic carbocycles. The summed E-state index contributed by atoms with van der Waals surface area (Å²) in [7, 11) is 0. The van der Waals surface area contributed by atoms with Gasteiger partial charge in [-0.05, 0) is 102 Å². The maximum absolute atomic E-state index is 14.1. The van der Waals surface area contributed by atoms with Gasteiger partial charge in [0.25, 0.3) is 0 Å². The monoisotopic (exact) mass is 671 g/mol. The number of aryl methyl sites for hydroxylation is 4. The van der Waals surface area contributed by atoms with Crippen LogP contribution in [0.5, 0.6) is 17.2 Å². The number of unbranched alkanes of at least 4 members (excludes halogenated alkanes) is 4. The molecule has 0 saturated heterocycles. The molecule has 0 unspecified atom stereocenters. The molecule has 0 amide bonds. The molecule has 4 rings (SSSR count). The van der Waals surface area contributed by atoms with Crippen molar-refractivity contribution in [2.75, 3.05) is 0 Å². The largest absolute Gasteiger partial charge is 0.508 e. The molecule has 0 spiro atoms. The average Bonchev–Trinajstić information content (AvgIpc) is 3.09. The van der Waals surface area contributed by atoms with Gasteiger partial charge >= 0.3 is 17.1 Å². The van der Waals surface area contributed by atoms with Crippen molar-refractivity contribution in [3.8, 4) is 17.2 Å². The third kappa shape index (κ3) is 9.34. The van der Waals surface area contributed by atoms with E-state index in [1.807, 2.05) is 24.3 Å². The van der Waals surface area contributed by atoms with Crippen molar-refractivity contribution in [1.29, 1.82) is 0 Å². The van der Waals surface area contributed by atoms with E-state index in [1.165, 1.54) is 0 Å². The standard InChI is InChI=1S/C40H53N3O6/c1-5-9-13-31-21-28(17-19-35(31)44)25-41-38(47)42(26-29-18-20-36(45)32(22-29)14-10-6-2)40(49)43(39(41)48)27-30-23-33(15-11-7-3)37(46)34(24-30)16-12-8-4/h17-24,44-46H,5-16,25-27H2,1-4H3. The van der Waals surface area contributed by atoms with Crippen molar-refractivity contribution in [3.05, 3.63) is 119 Å². The SMILES string of the molecule is CCCCc1cc(Cn2c(=O)n(Cc3ccc(O)c(CCCC)c3)c(=O)n(Cc3cc(CCCC)c(O)c(CCCC)c3)c2=O)ccc1O. The Kier molecular flexibility index (Phi) is 13.5. The van der Waals surface area contributed by atoms with Crippen LogP contribution >= 0.6 is 0 Å². The zero-order valence-electron chi connectivity index (χ0n) is 29.6. The minimum atomic E-state index is -0.726. The van der Waals surface area contributed by atoms with Crippen LogP contribution in [0.15, 0.2) is 62.9 Å². The van der Waals surface area contributed by atoms with Crippen molar-refractivity contribution in [2.45, 2.75) is 124 Å². The number of nitrogens with zero attached hydrogens (tertiary/aromatic N) is 3. The zero-order valence-corrected chi connectivity index (χ0v) is 29.6. The molecule has 0 aliphatic carbocycles. The fourth-order valence-corrected chi connectivity index (χ4v) is 6.28. The highest BCUT2D eigenvalue weighted by atomic mass is 16.3. The maximum Gasteiger partial charge on any atom is 0.336 e. The van der Waals surface area contributed by atoms with E-state index in [2.05, 4.69) is 27.7 Å². The molecule has 0 atom stereocenters. The lowest BCUT2D eigenvalue weighted by atomic mass is 9.97. The molecule has 9 heteroatoms. The zero-order chi connectivity index (χ0) is 35.5. The second-order valence-corrected chi connectivity index (χ2v) is 13.2. The molecule has 3 N–H and O–H groups in total. The summed E-state index contributed by atoms with van der Waals surface area (Å²) >= 11 is 0. The first kappa shape index (κ1) is 37.3. The van der Waals surface area contributed by atoms with Gasteiger partial charge in [-0.3, -0.25) is 0 Å². The van der Waals surface area contributed by atoms with Crippen molar-refractivity contribution >= 4 is 0 Å². The van der Waals surface area contributed by atoms with Crippen molar-refractivity contribution < 1.29 is 15.3 Å². The Morgan fingerprint density at radius 3 is 1.10 bits per heavy atom. The van der Waals surface area contributed by atoms with Crippen LogP contribution in [-0.2, 0) is 45.3 Å². The van der Waals surface area contributed by atoms with Gasteiger partial charge in [-0.1, -0.05) is 89.8 Å². The van der Waals surface area contributed by atoms with Gasteiger partial charge in [0, 0.05) is 0 Å². The van der Waals surface area contributed by atoms with Gasteiger partial charge in [-0.15, -0.1) is 0 Å². The number of hydrogen-bond donors (Lipinski definition) is 3. The molecule has 0 aliphatic heterocycles. The van der Waals surface area contributed by atoms with Crippen LogP contribution in [0.2, 0.25) is 0 Å². The van der Waals surface area contributed by atoms with Crippen LogP contribution in [0, 0.1) is 0 Å². The maximum atomic E-state index is 14.1. The van der Waals surface area contributed by atoms with Gasteiger partial charge in [-0.2, -0.15) is 0 Å². The molecule has 0 radical (unpaired) electrons. The average molecular weight is 672 g/mol. The van der Waals surface area contributed by atoms with Crippen LogP contribution < -0.4 is 17.1 Å². The summed E-state index contributed by atoms with van der Waals surface area (Å²) in [5.74, 6) is 0.615. The van der Waals surface area contributed by atoms with E-state index < -0.39 is 17.1 Å². The molecule has 9 nitrogen and oxygen atoms in total. The lowest BCUT2D eigenvalue weighted by molar-refractivity contribution is 0.457. The fraction of sp³-hybridized carbons (Fsp3) is 0.475. The lowest BCUT2D eigenvalue weighted by Crippen LogP contribution is -2.54. The Morgan fingerprint density at radius 2 is 0.755 bits per heavy atom. The fourth-order valence-electron chi connectivity index (χ4n) is 6.28. The summed E-state index contributed by atoms with van der Waals surface area (Å²) in [6.45, 7) is 8.10. The Morgan fingerprint density at radius 1 is 0.449 bits per heavy atom. The predicted octanol–water partition coefficient (Wildman–Crippen LogP) is 6.80. The van der Waals surface area contributed by atoms with Gasteiger partial charge in [0.15, 0.2) is 0 Å². The quantitative estimate of drug-likeness (QED) is 0.107. The highest BCUT2D eigenvalue weighted by Gasteiger charge is 2.19. The number of phenols is 3. The Labute approximate surface area is 289 Å². The van der Waals surface area contributed by atoms with Crippen molar-refractivity contribution in [2.24, 2.45) is 0 Å². The molecular weight excluding hydrogens is 618 g/mol. The van der Waals surface area contributed by atoms with Crippen LogP contribution in [0.4, 0.5) is 0 Å². The summed E-state index contributed by atoms with van der Waals surface area (Å²) in [4.78, 5) is 42.3. The molecule has 0 aliphatic rings. The third-order valence-electron chi connectivity index (χ3n) is 9.22. The molecule has 0 saturated carbocycles. The highest BCUT2D eigenvalue weighted by Crippen LogP contribution is 2.28. The molecule has 4 aromatic rings. The molecular formula is C40H53N3O6. The molecule has 1 aromatic heterocycles. The molecule has 0 fully saturated rings. The normalized spacial score (nSPS) is 11.3.